The summed E-state index contributed by atoms with van der Waals surface area (Å²) in [6.07, 6.45) is 5.36. The molecule has 0 heterocycles. The zero-order valence-electron chi connectivity index (χ0n) is 7.11. The van der Waals surface area contributed by atoms with Crippen LogP contribution < -0.4 is 0 Å². The summed E-state index contributed by atoms with van der Waals surface area (Å²) in [6, 6.07) is 0. The van der Waals surface area contributed by atoms with Crippen molar-refractivity contribution in [1.82, 2.24) is 0 Å². The van der Waals surface area contributed by atoms with Gasteiger partial charge in [0.05, 0.1) is 0 Å². The van der Waals surface area contributed by atoms with Crippen molar-refractivity contribution >= 4 is 0 Å². The predicted molar refractivity (Wildman–Crippen MR) is 47.8 cm³/mol. The van der Waals surface area contributed by atoms with Crippen LogP contribution in [0.5, 0.6) is 0 Å². The summed E-state index contributed by atoms with van der Waals surface area (Å²) in [5.74, 6) is 1.50. The van der Waals surface area contributed by atoms with Crippen LogP contribution in [0.25, 0.3) is 0 Å². The van der Waals surface area contributed by atoms with E-state index in [4.69, 9.17) is 0 Å². The number of rotatable bonds is 5. The smallest absolute Gasteiger partial charge is 0.0285 e. The molecular weight excluding hydrogens is 120 g/mol. The maximum Gasteiger partial charge on any atom is -0.0285 e. The Balaban J connectivity index is 3.19. The van der Waals surface area contributed by atoms with Crippen LogP contribution in [-0.4, -0.2) is 0 Å². The molecule has 0 aliphatic rings. The molecule has 0 aliphatic heterocycles. The largest absolute Gasteiger partial charge is 0.0988 e. The molecule has 0 aromatic rings. The minimum atomic E-state index is 1.09. The summed E-state index contributed by atoms with van der Waals surface area (Å²) >= 11 is 0. The first-order valence-electron chi connectivity index (χ1n) is 3.76. The van der Waals surface area contributed by atoms with Gasteiger partial charge in [0.15, 0.2) is 0 Å². The van der Waals surface area contributed by atoms with Crippen LogP contribution in [0.4, 0.5) is 0 Å². The highest BCUT2D eigenvalue weighted by molar-refractivity contribution is 5.10. The minimum Gasteiger partial charge on any atom is -0.0988 e. The number of hydrogen-bond acceptors (Lipinski definition) is 0. The molecule has 0 bridgehead atoms. The van der Waals surface area contributed by atoms with Crippen LogP contribution in [0.1, 0.15) is 33.1 Å². The van der Waals surface area contributed by atoms with Crippen molar-refractivity contribution in [3.63, 3.8) is 0 Å². The van der Waals surface area contributed by atoms with Crippen molar-refractivity contribution < 1.29 is 0 Å². The summed E-state index contributed by atoms with van der Waals surface area (Å²) in [5, 5.41) is 0. The second-order valence-electron chi connectivity index (χ2n) is 2.92. The van der Waals surface area contributed by atoms with Crippen molar-refractivity contribution in [1.29, 1.82) is 0 Å². The maximum atomic E-state index is 3.84. The Kier molecular flexibility index (Phi) is 5.00. The van der Waals surface area contributed by atoms with E-state index in [-0.39, 0.29) is 0 Å². The minimum absolute atomic E-state index is 1.09. The van der Waals surface area contributed by atoms with E-state index >= 15 is 0 Å². The summed E-state index contributed by atoms with van der Waals surface area (Å²) in [7, 11) is 0. The van der Waals surface area contributed by atoms with Crippen molar-refractivity contribution in [3.8, 4) is 0 Å². The first kappa shape index (κ1) is 9.48. The van der Waals surface area contributed by atoms with Gasteiger partial charge in [-0.3, -0.25) is 0 Å². The first-order chi connectivity index (χ1) is 4.66. The SMILES string of the molecule is C=CC(=C)CCC[C](C)C. The fraction of sp³-hybridized carbons (Fsp3) is 0.500. The zero-order valence-corrected chi connectivity index (χ0v) is 7.11. The van der Waals surface area contributed by atoms with Crippen LogP contribution in [0.2, 0.25) is 0 Å². The second-order valence-corrected chi connectivity index (χ2v) is 2.92. The van der Waals surface area contributed by atoms with Crippen molar-refractivity contribution in [3.05, 3.63) is 30.7 Å². The summed E-state index contributed by atoms with van der Waals surface area (Å²) in [6.45, 7) is 11.8. The van der Waals surface area contributed by atoms with E-state index in [9.17, 15) is 0 Å². The van der Waals surface area contributed by atoms with Gasteiger partial charge in [-0.1, -0.05) is 38.7 Å². The molecule has 0 N–H and O–H groups in total. The Hall–Kier alpha value is -0.520. The van der Waals surface area contributed by atoms with E-state index in [1.54, 1.807) is 0 Å². The Bertz CT molecular complexity index is 109. The van der Waals surface area contributed by atoms with Gasteiger partial charge in [-0.25, -0.2) is 0 Å². The Labute approximate surface area is 64.6 Å². The van der Waals surface area contributed by atoms with Gasteiger partial charge in [0.1, 0.15) is 0 Å². The molecule has 0 saturated heterocycles. The van der Waals surface area contributed by atoms with Gasteiger partial charge in [0.25, 0.3) is 0 Å². The van der Waals surface area contributed by atoms with E-state index in [0.29, 0.717) is 0 Å². The average Bonchev–Trinajstić information content (AvgIpc) is 1.87. The van der Waals surface area contributed by atoms with E-state index in [2.05, 4.69) is 27.0 Å². The fourth-order valence-corrected chi connectivity index (χ4v) is 0.771. The Morgan fingerprint density at radius 3 is 2.30 bits per heavy atom. The highest BCUT2D eigenvalue weighted by Gasteiger charge is 1.94. The highest BCUT2D eigenvalue weighted by Crippen LogP contribution is 2.11. The third-order valence-electron chi connectivity index (χ3n) is 1.46. The second kappa shape index (κ2) is 5.28. The summed E-state index contributed by atoms with van der Waals surface area (Å²) < 4.78 is 0. The van der Waals surface area contributed by atoms with Crippen LogP contribution >= 0.6 is 0 Å². The Morgan fingerprint density at radius 2 is 1.90 bits per heavy atom. The summed E-state index contributed by atoms with van der Waals surface area (Å²) in [4.78, 5) is 0. The zero-order chi connectivity index (χ0) is 7.98. The van der Waals surface area contributed by atoms with Gasteiger partial charge in [-0.15, -0.1) is 0 Å². The molecule has 0 fully saturated rings. The first-order valence-corrected chi connectivity index (χ1v) is 3.76. The van der Waals surface area contributed by atoms with Crippen LogP contribution in [0, 0.1) is 5.92 Å². The van der Waals surface area contributed by atoms with Crippen molar-refractivity contribution in [2.75, 3.05) is 0 Å². The molecule has 0 heteroatoms. The van der Waals surface area contributed by atoms with Gasteiger partial charge in [-0.05, 0) is 25.2 Å². The van der Waals surface area contributed by atoms with E-state index < -0.39 is 0 Å². The average molecular weight is 137 g/mol. The van der Waals surface area contributed by atoms with Gasteiger partial charge in [-0.2, -0.15) is 0 Å². The standard InChI is InChI=1S/C10H17/c1-5-10(4)8-6-7-9(2)3/h5H,1,4,6-8H2,2-3H3. The molecule has 0 aromatic heterocycles. The molecule has 0 aromatic carbocycles. The molecule has 1 radical (unpaired) electrons. The third-order valence-corrected chi connectivity index (χ3v) is 1.46. The van der Waals surface area contributed by atoms with Gasteiger partial charge < -0.3 is 0 Å². The third kappa shape index (κ3) is 5.61. The summed E-state index contributed by atoms with van der Waals surface area (Å²) in [5.41, 5.74) is 1.15. The molecule has 0 spiro atoms. The molecule has 0 aliphatic carbocycles. The molecule has 10 heavy (non-hydrogen) atoms. The van der Waals surface area contributed by atoms with E-state index in [0.717, 1.165) is 12.0 Å². The molecule has 0 amide bonds. The van der Waals surface area contributed by atoms with Gasteiger partial charge in [0.2, 0.25) is 0 Å². The topological polar surface area (TPSA) is 0 Å². The van der Waals surface area contributed by atoms with Gasteiger partial charge in [0, 0.05) is 0 Å². The highest BCUT2D eigenvalue weighted by atomic mass is 14.0. The lowest BCUT2D eigenvalue weighted by Crippen LogP contribution is -1.84. The fourth-order valence-electron chi connectivity index (χ4n) is 0.771. The van der Waals surface area contributed by atoms with Crippen LogP contribution in [0.3, 0.4) is 0 Å². The molecule has 0 saturated carbocycles. The lowest BCUT2D eigenvalue weighted by Gasteiger charge is -2.02. The lowest BCUT2D eigenvalue weighted by molar-refractivity contribution is 0.750. The monoisotopic (exact) mass is 137 g/mol. The van der Waals surface area contributed by atoms with Crippen molar-refractivity contribution in [2.24, 2.45) is 0 Å². The quantitative estimate of drug-likeness (QED) is 0.509. The molecule has 57 valence electrons. The van der Waals surface area contributed by atoms with Crippen LogP contribution in [-0.2, 0) is 0 Å². The Morgan fingerprint density at radius 1 is 1.30 bits per heavy atom. The van der Waals surface area contributed by atoms with E-state index in [1.165, 1.54) is 18.8 Å². The lowest BCUT2D eigenvalue weighted by atomic mass is 10.0. The normalized spacial score (nSPS) is 9.90. The molecule has 0 atom stereocenters. The number of hydrogen-bond donors (Lipinski definition) is 0. The number of allylic oxidation sites excluding steroid dienone is 2. The molecule has 0 nitrogen and oxygen atoms in total. The maximum absolute atomic E-state index is 3.84. The molecular formula is C10H17. The van der Waals surface area contributed by atoms with E-state index in [1.807, 2.05) is 6.08 Å². The molecule has 0 rings (SSSR count). The van der Waals surface area contributed by atoms with Crippen molar-refractivity contribution in [2.45, 2.75) is 33.1 Å². The molecule has 0 unspecified atom stereocenters. The predicted octanol–water partition coefficient (Wildman–Crippen LogP) is 3.51. The van der Waals surface area contributed by atoms with Gasteiger partial charge >= 0.3 is 0 Å². The van der Waals surface area contributed by atoms with Crippen LogP contribution in [0.15, 0.2) is 24.8 Å².